The van der Waals surface area contributed by atoms with Crippen LogP contribution in [-0.4, -0.2) is 29.9 Å². The summed E-state index contributed by atoms with van der Waals surface area (Å²) in [6.45, 7) is 1.15. The predicted molar refractivity (Wildman–Crippen MR) is 98.3 cm³/mol. The van der Waals surface area contributed by atoms with Crippen LogP contribution in [0.5, 0.6) is 0 Å². The summed E-state index contributed by atoms with van der Waals surface area (Å²) < 4.78 is 14.2. The molecule has 2 atom stereocenters. The lowest BCUT2D eigenvalue weighted by Crippen LogP contribution is -2.39. The first-order chi connectivity index (χ1) is 11.6. The van der Waals surface area contributed by atoms with Crippen LogP contribution in [0.25, 0.3) is 0 Å². The van der Waals surface area contributed by atoms with Crippen LogP contribution in [0.2, 0.25) is 0 Å². The topological polar surface area (TPSA) is 46.3 Å². The highest BCUT2D eigenvalue weighted by Gasteiger charge is 2.55. The van der Waals surface area contributed by atoms with Crippen molar-refractivity contribution >= 4 is 18.3 Å². The first-order valence-electron chi connectivity index (χ1n) is 8.47. The van der Waals surface area contributed by atoms with Crippen molar-refractivity contribution in [1.82, 2.24) is 4.90 Å². The lowest BCUT2D eigenvalue weighted by molar-refractivity contribution is -0.133. The minimum atomic E-state index is -0.670. The standard InChI is InChI=1S/C20H21FN2O.ClH/c21-17-9-5-4-8-16(17)20(10-11-20)19(24)23-12-15(18(22)13-23)14-6-2-1-3-7-14;/h1-9,15,18H,10-13,22H2;1H/t15-,18+;/m0./s1. The van der Waals surface area contributed by atoms with E-state index in [1.54, 1.807) is 18.2 Å². The van der Waals surface area contributed by atoms with E-state index in [2.05, 4.69) is 12.1 Å². The monoisotopic (exact) mass is 360 g/mol. The molecule has 0 bridgehead atoms. The van der Waals surface area contributed by atoms with Crippen molar-refractivity contribution in [2.75, 3.05) is 13.1 Å². The number of carbonyl (C=O) groups excluding carboxylic acids is 1. The van der Waals surface area contributed by atoms with Crippen LogP contribution in [0.4, 0.5) is 4.39 Å². The summed E-state index contributed by atoms with van der Waals surface area (Å²) in [5.41, 5.74) is 7.33. The second kappa shape index (κ2) is 6.77. The lowest BCUT2D eigenvalue weighted by atomic mass is 9.93. The van der Waals surface area contributed by atoms with Gasteiger partial charge in [0.2, 0.25) is 5.91 Å². The second-order valence-corrected chi connectivity index (χ2v) is 6.95. The highest BCUT2D eigenvalue weighted by molar-refractivity contribution is 5.91. The summed E-state index contributed by atoms with van der Waals surface area (Å²) in [7, 11) is 0. The molecule has 2 aromatic carbocycles. The van der Waals surface area contributed by atoms with Crippen molar-refractivity contribution in [3.05, 3.63) is 71.5 Å². The molecule has 1 aliphatic carbocycles. The van der Waals surface area contributed by atoms with E-state index in [4.69, 9.17) is 5.73 Å². The van der Waals surface area contributed by atoms with Crippen molar-refractivity contribution in [1.29, 1.82) is 0 Å². The van der Waals surface area contributed by atoms with E-state index < -0.39 is 5.41 Å². The molecule has 2 N–H and O–H groups in total. The van der Waals surface area contributed by atoms with Crippen molar-refractivity contribution in [2.45, 2.75) is 30.2 Å². The molecular weight excluding hydrogens is 339 g/mol. The zero-order valence-electron chi connectivity index (χ0n) is 13.9. The van der Waals surface area contributed by atoms with Gasteiger partial charge in [0.15, 0.2) is 0 Å². The van der Waals surface area contributed by atoms with Crippen LogP contribution in [0.3, 0.4) is 0 Å². The van der Waals surface area contributed by atoms with Gasteiger partial charge in [-0.25, -0.2) is 4.39 Å². The van der Waals surface area contributed by atoms with Gasteiger partial charge in [-0.05, 0) is 24.5 Å². The maximum Gasteiger partial charge on any atom is 0.233 e. The van der Waals surface area contributed by atoms with E-state index in [1.807, 2.05) is 23.1 Å². The smallest absolute Gasteiger partial charge is 0.233 e. The lowest BCUT2D eigenvalue weighted by Gasteiger charge is -2.24. The molecule has 0 aromatic heterocycles. The van der Waals surface area contributed by atoms with Crippen LogP contribution < -0.4 is 5.73 Å². The van der Waals surface area contributed by atoms with E-state index in [1.165, 1.54) is 6.07 Å². The van der Waals surface area contributed by atoms with Gasteiger partial charge < -0.3 is 10.6 Å². The molecule has 2 aliphatic rings. The minimum Gasteiger partial charge on any atom is -0.340 e. The van der Waals surface area contributed by atoms with Gasteiger partial charge in [0.25, 0.3) is 0 Å². The number of amides is 1. The molecule has 4 rings (SSSR count). The fourth-order valence-electron chi connectivity index (χ4n) is 3.92. The van der Waals surface area contributed by atoms with Crippen molar-refractivity contribution in [3.63, 3.8) is 0 Å². The average Bonchev–Trinajstić information content (AvgIpc) is 3.32. The van der Waals surface area contributed by atoms with Gasteiger partial charge in [-0.2, -0.15) is 0 Å². The molecule has 0 radical (unpaired) electrons. The molecule has 25 heavy (non-hydrogen) atoms. The Kier molecular flexibility index (Phi) is 4.85. The highest BCUT2D eigenvalue weighted by atomic mass is 35.5. The Morgan fingerprint density at radius 3 is 2.32 bits per heavy atom. The number of likely N-dealkylation sites (tertiary alicyclic amines) is 1. The summed E-state index contributed by atoms with van der Waals surface area (Å²) in [5.74, 6) is -0.112. The van der Waals surface area contributed by atoms with E-state index in [0.29, 0.717) is 31.5 Å². The third-order valence-corrected chi connectivity index (χ3v) is 5.43. The van der Waals surface area contributed by atoms with E-state index in [-0.39, 0.29) is 36.1 Å². The highest BCUT2D eigenvalue weighted by Crippen LogP contribution is 2.51. The largest absolute Gasteiger partial charge is 0.340 e. The Morgan fingerprint density at radius 1 is 1.04 bits per heavy atom. The molecule has 1 amide bonds. The van der Waals surface area contributed by atoms with Crippen LogP contribution in [0, 0.1) is 5.82 Å². The quantitative estimate of drug-likeness (QED) is 0.913. The Hall–Kier alpha value is -1.91. The normalized spacial score (nSPS) is 23.8. The number of nitrogens with zero attached hydrogens (tertiary/aromatic N) is 1. The van der Waals surface area contributed by atoms with E-state index in [9.17, 15) is 9.18 Å². The van der Waals surface area contributed by atoms with Gasteiger partial charge in [-0.1, -0.05) is 48.5 Å². The summed E-state index contributed by atoms with van der Waals surface area (Å²) in [5, 5.41) is 0. The van der Waals surface area contributed by atoms with Crippen molar-refractivity contribution < 1.29 is 9.18 Å². The fourth-order valence-corrected chi connectivity index (χ4v) is 3.92. The molecule has 2 aromatic rings. The SMILES string of the molecule is Cl.N[C@@H]1CN(C(=O)C2(c3ccccc3F)CC2)C[C@H]1c1ccccc1. The van der Waals surface area contributed by atoms with E-state index in [0.717, 1.165) is 5.56 Å². The predicted octanol–water partition coefficient (Wildman–Crippen LogP) is 3.23. The maximum absolute atomic E-state index is 14.2. The van der Waals surface area contributed by atoms with Crippen LogP contribution in [0.1, 0.15) is 29.9 Å². The number of halogens is 2. The number of hydrogen-bond donors (Lipinski definition) is 1. The first-order valence-corrected chi connectivity index (χ1v) is 8.47. The Labute approximate surface area is 153 Å². The molecule has 2 fully saturated rings. The fraction of sp³-hybridized carbons (Fsp3) is 0.350. The van der Waals surface area contributed by atoms with Crippen LogP contribution in [-0.2, 0) is 10.2 Å². The number of benzene rings is 2. The molecule has 5 heteroatoms. The van der Waals surface area contributed by atoms with E-state index >= 15 is 0 Å². The van der Waals surface area contributed by atoms with Crippen LogP contribution in [0.15, 0.2) is 54.6 Å². The van der Waals surface area contributed by atoms with Crippen molar-refractivity contribution in [2.24, 2.45) is 5.73 Å². The number of carbonyl (C=O) groups is 1. The van der Waals surface area contributed by atoms with Gasteiger partial charge in [-0.15, -0.1) is 12.4 Å². The minimum absolute atomic E-state index is 0. The Bertz CT molecular complexity index is 763. The molecule has 0 unspecified atom stereocenters. The third kappa shape index (κ3) is 3.05. The molecular formula is C20H22ClFN2O. The van der Waals surface area contributed by atoms with Gasteiger partial charge >= 0.3 is 0 Å². The van der Waals surface area contributed by atoms with Gasteiger partial charge in [0, 0.05) is 30.6 Å². The molecule has 1 aliphatic heterocycles. The first kappa shape index (κ1) is 17.9. The molecule has 0 spiro atoms. The summed E-state index contributed by atoms with van der Waals surface area (Å²) in [4.78, 5) is 14.9. The van der Waals surface area contributed by atoms with Gasteiger partial charge in [0.1, 0.15) is 5.82 Å². The molecule has 1 heterocycles. The van der Waals surface area contributed by atoms with Gasteiger partial charge in [0.05, 0.1) is 5.41 Å². The van der Waals surface area contributed by atoms with Crippen LogP contribution >= 0.6 is 12.4 Å². The zero-order valence-corrected chi connectivity index (χ0v) is 14.7. The number of nitrogens with two attached hydrogens (primary N) is 1. The molecule has 1 saturated carbocycles. The molecule has 132 valence electrons. The number of hydrogen-bond acceptors (Lipinski definition) is 2. The second-order valence-electron chi connectivity index (χ2n) is 6.95. The summed E-state index contributed by atoms with van der Waals surface area (Å²) >= 11 is 0. The maximum atomic E-state index is 14.2. The average molecular weight is 361 g/mol. The Balaban J connectivity index is 0.00000182. The Morgan fingerprint density at radius 2 is 1.68 bits per heavy atom. The molecule has 1 saturated heterocycles. The van der Waals surface area contributed by atoms with Gasteiger partial charge in [-0.3, -0.25) is 4.79 Å². The summed E-state index contributed by atoms with van der Waals surface area (Å²) in [6, 6.07) is 16.6. The zero-order chi connectivity index (χ0) is 16.7. The van der Waals surface area contributed by atoms with Crippen molar-refractivity contribution in [3.8, 4) is 0 Å². The summed E-state index contributed by atoms with van der Waals surface area (Å²) in [6.07, 6.45) is 1.43. The third-order valence-electron chi connectivity index (χ3n) is 5.43. The molecule has 3 nitrogen and oxygen atoms in total. The number of rotatable bonds is 3.